The number of thiophene rings is 1. The van der Waals surface area contributed by atoms with Crippen molar-refractivity contribution in [3.8, 4) is 0 Å². The first-order chi connectivity index (χ1) is 9.69. The van der Waals surface area contributed by atoms with E-state index in [0.717, 1.165) is 4.88 Å². The molecule has 0 aliphatic heterocycles. The number of imide groups is 1. The third-order valence-electron chi connectivity index (χ3n) is 2.84. The molecule has 0 bridgehead atoms. The van der Waals surface area contributed by atoms with Crippen LogP contribution in [0, 0.1) is 5.41 Å². The predicted molar refractivity (Wildman–Crippen MR) is 80.1 cm³/mol. The lowest BCUT2D eigenvalue weighted by Crippen LogP contribution is -2.42. The van der Waals surface area contributed by atoms with Gasteiger partial charge in [0.05, 0.1) is 12.5 Å². The summed E-state index contributed by atoms with van der Waals surface area (Å²) in [7, 11) is 0. The van der Waals surface area contributed by atoms with Crippen molar-refractivity contribution in [3.05, 3.63) is 22.4 Å². The summed E-state index contributed by atoms with van der Waals surface area (Å²) >= 11 is 1.52. The fraction of sp³-hybridized carbons (Fsp3) is 0.500. The molecule has 0 saturated heterocycles. The molecule has 0 spiro atoms. The lowest BCUT2D eigenvalue weighted by atomic mass is 9.85. The Kier molecular flexibility index (Phi) is 5.90. The SMILES string of the molecule is CC(NC(=O)NC(=O)CC(C)(C)CC(=O)O)c1cccs1. The molecule has 1 heterocycles. The summed E-state index contributed by atoms with van der Waals surface area (Å²) in [6, 6.07) is 3.01. The predicted octanol–water partition coefficient (Wildman–Crippen LogP) is 2.53. The van der Waals surface area contributed by atoms with Crippen LogP contribution in [0.3, 0.4) is 0 Å². The van der Waals surface area contributed by atoms with Crippen molar-refractivity contribution in [3.63, 3.8) is 0 Å². The van der Waals surface area contributed by atoms with E-state index in [-0.39, 0.29) is 18.9 Å². The third kappa shape index (κ3) is 6.40. The minimum absolute atomic E-state index is 0.0277. The number of urea groups is 1. The second-order valence-corrected chi connectivity index (χ2v) is 6.65. The Labute approximate surface area is 127 Å². The molecular formula is C14H20N2O4S. The van der Waals surface area contributed by atoms with Gasteiger partial charge >= 0.3 is 12.0 Å². The van der Waals surface area contributed by atoms with Crippen LogP contribution in [0.15, 0.2) is 17.5 Å². The van der Waals surface area contributed by atoms with Crippen LogP contribution in [0.2, 0.25) is 0 Å². The topological polar surface area (TPSA) is 95.5 Å². The normalized spacial score (nSPS) is 12.5. The molecule has 1 rings (SSSR count). The van der Waals surface area contributed by atoms with Gasteiger partial charge in [0, 0.05) is 11.3 Å². The van der Waals surface area contributed by atoms with E-state index >= 15 is 0 Å². The molecule has 6 nitrogen and oxygen atoms in total. The van der Waals surface area contributed by atoms with Gasteiger partial charge in [-0.2, -0.15) is 0 Å². The Balaban J connectivity index is 2.44. The smallest absolute Gasteiger partial charge is 0.321 e. The average Bonchev–Trinajstić information content (AvgIpc) is 2.77. The molecule has 0 aromatic carbocycles. The van der Waals surface area contributed by atoms with Crippen LogP contribution < -0.4 is 10.6 Å². The van der Waals surface area contributed by atoms with Gasteiger partial charge in [-0.1, -0.05) is 19.9 Å². The van der Waals surface area contributed by atoms with Crippen LogP contribution in [0.1, 0.15) is 44.5 Å². The first kappa shape index (κ1) is 17.2. The standard InChI is InChI=1S/C14H20N2O4S/c1-9(10-5-4-6-21-10)15-13(20)16-11(17)7-14(2,3)8-12(18)19/h4-6,9H,7-8H2,1-3H3,(H,18,19)(H2,15,16,17,20). The summed E-state index contributed by atoms with van der Waals surface area (Å²) in [4.78, 5) is 35.1. The molecule has 1 unspecified atom stereocenters. The number of carboxylic acid groups (broad SMARTS) is 1. The number of nitrogens with one attached hydrogen (secondary N) is 2. The Hall–Kier alpha value is -1.89. The van der Waals surface area contributed by atoms with Gasteiger partial charge in [0.1, 0.15) is 0 Å². The summed E-state index contributed by atoms with van der Waals surface area (Å²) in [6.45, 7) is 5.17. The number of hydrogen-bond acceptors (Lipinski definition) is 4. The molecular weight excluding hydrogens is 292 g/mol. The highest BCUT2D eigenvalue weighted by molar-refractivity contribution is 7.10. The van der Waals surface area contributed by atoms with Gasteiger partial charge in [0.25, 0.3) is 0 Å². The second-order valence-electron chi connectivity index (χ2n) is 5.67. The maximum absolute atomic E-state index is 11.8. The van der Waals surface area contributed by atoms with E-state index in [2.05, 4.69) is 10.6 Å². The van der Waals surface area contributed by atoms with Crippen molar-refractivity contribution in [1.29, 1.82) is 0 Å². The van der Waals surface area contributed by atoms with Crippen LogP contribution in [0.5, 0.6) is 0 Å². The fourth-order valence-electron chi connectivity index (χ4n) is 1.92. The second kappa shape index (κ2) is 7.21. The molecule has 0 aliphatic rings. The lowest BCUT2D eigenvalue weighted by Gasteiger charge is -2.21. The molecule has 1 aromatic heterocycles. The minimum atomic E-state index is -0.969. The molecule has 7 heteroatoms. The zero-order valence-electron chi connectivity index (χ0n) is 12.3. The summed E-state index contributed by atoms with van der Waals surface area (Å²) in [5.41, 5.74) is -0.699. The zero-order chi connectivity index (χ0) is 16.0. The quantitative estimate of drug-likeness (QED) is 0.752. The van der Waals surface area contributed by atoms with E-state index < -0.39 is 23.3 Å². The number of rotatable bonds is 6. The number of aliphatic carboxylic acids is 1. The van der Waals surface area contributed by atoms with Crippen molar-refractivity contribution in [2.24, 2.45) is 5.41 Å². The molecule has 3 N–H and O–H groups in total. The van der Waals surface area contributed by atoms with Gasteiger partial charge in [-0.3, -0.25) is 14.9 Å². The Bertz CT molecular complexity index is 511. The molecule has 1 aromatic rings. The van der Waals surface area contributed by atoms with Crippen molar-refractivity contribution < 1.29 is 19.5 Å². The van der Waals surface area contributed by atoms with Crippen molar-refractivity contribution >= 4 is 29.2 Å². The molecule has 0 aliphatic carbocycles. The summed E-state index contributed by atoms with van der Waals surface area (Å²) in [5.74, 6) is -1.46. The molecule has 21 heavy (non-hydrogen) atoms. The first-order valence-corrected chi connectivity index (χ1v) is 7.43. The van der Waals surface area contributed by atoms with Gasteiger partial charge in [0.2, 0.25) is 5.91 Å². The first-order valence-electron chi connectivity index (χ1n) is 6.55. The summed E-state index contributed by atoms with van der Waals surface area (Å²) in [6.07, 6.45) is -0.159. The lowest BCUT2D eigenvalue weighted by molar-refractivity contribution is -0.139. The van der Waals surface area contributed by atoms with Gasteiger partial charge in [-0.15, -0.1) is 11.3 Å². The number of carbonyl (C=O) groups is 3. The van der Waals surface area contributed by atoms with E-state index in [1.807, 2.05) is 24.4 Å². The highest BCUT2D eigenvalue weighted by Crippen LogP contribution is 2.24. The largest absolute Gasteiger partial charge is 0.481 e. The van der Waals surface area contributed by atoms with Crippen LogP contribution in [0.25, 0.3) is 0 Å². The van der Waals surface area contributed by atoms with Crippen molar-refractivity contribution in [1.82, 2.24) is 10.6 Å². The van der Waals surface area contributed by atoms with E-state index in [0.29, 0.717) is 0 Å². The Morgan fingerprint density at radius 2 is 2.00 bits per heavy atom. The van der Waals surface area contributed by atoms with Crippen LogP contribution in [-0.2, 0) is 9.59 Å². The van der Waals surface area contributed by atoms with E-state index in [1.54, 1.807) is 13.8 Å². The molecule has 0 radical (unpaired) electrons. The van der Waals surface area contributed by atoms with E-state index in [1.165, 1.54) is 11.3 Å². The molecule has 3 amide bonds. The van der Waals surface area contributed by atoms with Crippen LogP contribution in [0.4, 0.5) is 4.79 Å². The van der Waals surface area contributed by atoms with Gasteiger partial charge in [-0.05, 0) is 23.8 Å². The zero-order valence-corrected chi connectivity index (χ0v) is 13.1. The Morgan fingerprint density at radius 1 is 1.33 bits per heavy atom. The maximum Gasteiger partial charge on any atom is 0.321 e. The number of hydrogen-bond donors (Lipinski definition) is 3. The maximum atomic E-state index is 11.8. The van der Waals surface area contributed by atoms with Crippen LogP contribution >= 0.6 is 11.3 Å². The molecule has 116 valence electrons. The molecule has 0 saturated carbocycles. The van der Waals surface area contributed by atoms with Crippen molar-refractivity contribution in [2.75, 3.05) is 0 Å². The summed E-state index contributed by atoms with van der Waals surface area (Å²) in [5, 5.41) is 15.6. The number of carboxylic acids is 1. The van der Waals surface area contributed by atoms with Gasteiger partial charge in [0.15, 0.2) is 0 Å². The number of amides is 3. The van der Waals surface area contributed by atoms with Gasteiger partial charge < -0.3 is 10.4 Å². The van der Waals surface area contributed by atoms with E-state index in [4.69, 9.17) is 5.11 Å². The Morgan fingerprint density at radius 3 is 2.52 bits per heavy atom. The van der Waals surface area contributed by atoms with Crippen LogP contribution in [-0.4, -0.2) is 23.0 Å². The molecule has 1 atom stereocenters. The third-order valence-corrected chi connectivity index (χ3v) is 3.89. The fourth-order valence-corrected chi connectivity index (χ4v) is 2.65. The molecule has 0 fully saturated rings. The van der Waals surface area contributed by atoms with E-state index in [9.17, 15) is 14.4 Å². The highest BCUT2D eigenvalue weighted by atomic mass is 32.1. The minimum Gasteiger partial charge on any atom is -0.481 e. The number of carbonyl (C=O) groups excluding carboxylic acids is 2. The van der Waals surface area contributed by atoms with Crippen molar-refractivity contribution in [2.45, 2.75) is 39.7 Å². The average molecular weight is 312 g/mol. The summed E-state index contributed by atoms with van der Waals surface area (Å²) < 4.78 is 0. The van der Waals surface area contributed by atoms with Gasteiger partial charge in [-0.25, -0.2) is 4.79 Å². The highest BCUT2D eigenvalue weighted by Gasteiger charge is 2.26. The monoisotopic (exact) mass is 312 g/mol.